The van der Waals surface area contributed by atoms with E-state index < -0.39 is 0 Å². The lowest BCUT2D eigenvalue weighted by molar-refractivity contribution is -0.126. The van der Waals surface area contributed by atoms with Crippen LogP contribution in [0.1, 0.15) is 26.7 Å². The van der Waals surface area contributed by atoms with Crippen molar-refractivity contribution in [3.8, 4) is 0 Å². The fourth-order valence-corrected chi connectivity index (χ4v) is 1.72. The predicted octanol–water partition coefficient (Wildman–Crippen LogP) is 1.25. The molecule has 2 unspecified atom stereocenters. The van der Waals surface area contributed by atoms with Crippen LogP contribution in [0, 0.1) is 11.8 Å². The molecule has 0 aliphatic carbocycles. The van der Waals surface area contributed by atoms with Gasteiger partial charge in [-0.2, -0.15) is 0 Å². The summed E-state index contributed by atoms with van der Waals surface area (Å²) < 4.78 is 0. The highest BCUT2D eigenvalue weighted by Gasteiger charge is 2.34. The van der Waals surface area contributed by atoms with E-state index in [1.807, 2.05) is 26.0 Å². The van der Waals surface area contributed by atoms with Gasteiger partial charge in [0, 0.05) is 6.42 Å². The normalized spacial score (nSPS) is 25.2. The molecular formula is C10H15NO2. The largest absolute Gasteiger partial charge is 0.296 e. The molecule has 2 atom stereocenters. The first-order valence-corrected chi connectivity index (χ1v) is 4.65. The molecule has 0 spiro atoms. The van der Waals surface area contributed by atoms with Crippen LogP contribution in [0.5, 0.6) is 0 Å². The van der Waals surface area contributed by atoms with Gasteiger partial charge in [0.15, 0.2) is 0 Å². The second kappa shape index (κ2) is 4.21. The Kier molecular flexibility index (Phi) is 3.23. The maximum Gasteiger partial charge on any atom is 0.230 e. The first-order chi connectivity index (χ1) is 6.19. The molecule has 1 aliphatic rings. The fraction of sp³-hybridized carbons (Fsp3) is 0.600. The maximum absolute atomic E-state index is 11.3. The van der Waals surface area contributed by atoms with Gasteiger partial charge in [-0.15, -0.1) is 0 Å². The lowest BCUT2D eigenvalue weighted by Crippen LogP contribution is -2.25. The van der Waals surface area contributed by atoms with E-state index in [2.05, 4.69) is 5.32 Å². The van der Waals surface area contributed by atoms with Gasteiger partial charge in [0.2, 0.25) is 11.8 Å². The number of hydrogen-bond donors (Lipinski definition) is 1. The molecule has 1 saturated heterocycles. The van der Waals surface area contributed by atoms with Crippen LogP contribution in [0.25, 0.3) is 0 Å². The molecule has 1 aliphatic heterocycles. The van der Waals surface area contributed by atoms with Gasteiger partial charge in [-0.25, -0.2) is 0 Å². The molecule has 1 fully saturated rings. The second-order valence-corrected chi connectivity index (χ2v) is 3.32. The van der Waals surface area contributed by atoms with Crippen molar-refractivity contribution >= 4 is 11.8 Å². The van der Waals surface area contributed by atoms with Gasteiger partial charge in [0.1, 0.15) is 0 Å². The summed E-state index contributed by atoms with van der Waals surface area (Å²) in [5.41, 5.74) is 0. The Bertz CT molecular complexity index is 245. The van der Waals surface area contributed by atoms with Gasteiger partial charge in [-0.1, -0.05) is 19.1 Å². The highest BCUT2D eigenvalue weighted by molar-refractivity contribution is 6.03. The van der Waals surface area contributed by atoms with Gasteiger partial charge >= 0.3 is 0 Å². The highest BCUT2D eigenvalue weighted by atomic mass is 16.2. The van der Waals surface area contributed by atoms with Crippen molar-refractivity contribution in [3.05, 3.63) is 12.2 Å². The van der Waals surface area contributed by atoms with Crippen molar-refractivity contribution in [2.45, 2.75) is 26.7 Å². The number of hydrogen-bond acceptors (Lipinski definition) is 2. The van der Waals surface area contributed by atoms with E-state index in [1.165, 1.54) is 0 Å². The average Bonchev–Trinajstić information content (AvgIpc) is 2.41. The molecule has 2 amide bonds. The monoisotopic (exact) mass is 181 g/mol. The standard InChI is InChI=1S/C10H15NO2/c1-3-5-7(4-2)8-6-9(12)11-10(8)13/h3,5,7-8H,4,6H2,1-2H3,(H,11,12,13)/b5-3-. The first kappa shape index (κ1) is 9.96. The molecule has 13 heavy (non-hydrogen) atoms. The molecule has 0 bridgehead atoms. The Labute approximate surface area is 78.2 Å². The minimum Gasteiger partial charge on any atom is -0.296 e. The molecule has 72 valence electrons. The lowest BCUT2D eigenvalue weighted by atomic mass is 9.88. The summed E-state index contributed by atoms with van der Waals surface area (Å²) >= 11 is 0. The quantitative estimate of drug-likeness (QED) is 0.526. The van der Waals surface area contributed by atoms with Gasteiger partial charge in [0.05, 0.1) is 5.92 Å². The number of allylic oxidation sites excluding steroid dienone is 2. The third-order valence-electron chi connectivity index (χ3n) is 2.43. The minimum absolute atomic E-state index is 0.116. The average molecular weight is 181 g/mol. The maximum atomic E-state index is 11.3. The van der Waals surface area contributed by atoms with E-state index in [4.69, 9.17) is 0 Å². The smallest absolute Gasteiger partial charge is 0.230 e. The Morgan fingerprint density at radius 3 is 2.69 bits per heavy atom. The molecule has 1 heterocycles. The van der Waals surface area contributed by atoms with Crippen molar-refractivity contribution in [1.82, 2.24) is 5.32 Å². The highest BCUT2D eigenvalue weighted by Crippen LogP contribution is 2.24. The van der Waals surface area contributed by atoms with E-state index >= 15 is 0 Å². The molecule has 0 saturated carbocycles. The molecule has 0 aromatic carbocycles. The topological polar surface area (TPSA) is 46.2 Å². The molecule has 3 nitrogen and oxygen atoms in total. The summed E-state index contributed by atoms with van der Waals surface area (Å²) in [6.07, 6.45) is 5.18. The Morgan fingerprint density at radius 2 is 2.31 bits per heavy atom. The van der Waals surface area contributed by atoms with Gasteiger partial charge < -0.3 is 0 Å². The Hall–Kier alpha value is -1.12. The summed E-state index contributed by atoms with van der Waals surface area (Å²) in [6, 6.07) is 0. The molecule has 1 N–H and O–H groups in total. The van der Waals surface area contributed by atoms with Crippen LogP contribution in [0.4, 0.5) is 0 Å². The third-order valence-corrected chi connectivity index (χ3v) is 2.43. The van der Waals surface area contributed by atoms with Crippen molar-refractivity contribution < 1.29 is 9.59 Å². The second-order valence-electron chi connectivity index (χ2n) is 3.32. The van der Waals surface area contributed by atoms with Gasteiger partial charge in [-0.3, -0.25) is 14.9 Å². The van der Waals surface area contributed by atoms with Crippen LogP contribution >= 0.6 is 0 Å². The van der Waals surface area contributed by atoms with Crippen molar-refractivity contribution in [2.75, 3.05) is 0 Å². The van der Waals surface area contributed by atoms with E-state index in [-0.39, 0.29) is 23.7 Å². The zero-order valence-electron chi connectivity index (χ0n) is 8.04. The number of nitrogens with one attached hydrogen (secondary N) is 1. The van der Waals surface area contributed by atoms with Crippen LogP contribution < -0.4 is 5.32 Å². The van der Waals surface area contributed by atoms with Crippen molar-refractivity contribution in [3.63, 3.8) is 0 Å². The zero-order valence-corrected chi connectivity index (χ0v) is 8.04. The van der Waals surface area contributed by atoms with Crippen LogP contribution in [-0.2, 0) is 9.59 Å². The first-order valence-electron chi connectivity index (χ1n) is 4.65. The van der Waals surface area contributed by atoms with E-state index in [0.29, 0.717) is 6.42 Å². The van der Waals surface area contributed by atoms with Crippen LogP contribution in [-0.4, -0.2) is 11.8 Å². The number of carbonyl (C=O) groups excluding carboxylic acids is 2. The molecule has 1 rings (SSSR count). The summed E-state index contributed by atoms with van der Waals surface area (Å²) in [5.74, 6) is -0.196. The van der Waals surface area contributed by atoms with Crippen molar-refractivity contribution in [2.24, 2.45) is 11.8 Å². The fourth-order valence-electron chi connectivity index (χ4n) is 1.72. The zero-order chi connectivity index (χ0) is 9.84. The van der Waals surface area contributed by atoms with E-state index in [1.54, 1.807) is 0 Å². The Morgan fingerprint density at radius 1 is 1.62 bits per heavy atom. The Balaban J connectivity index is 2.69. The number of carbonyl (C=O) groups is 2. The number of amides is 2. The molecule has 0 aromatic rings. The third kappa shape index (κ3) is 2.17. The van der Waals surface area contributed by atoms with Crippen molar-refractivity contribution in [1.29, 1.82) is 0 Å². The van der Waals surface area contributed by atoms with E-state index in [0.717, 1.165) is 6.42 Å². The summed E-state index contributed by atoms with van der Waals surface area (Å²) in [5, 5.41) is 2.33. The molecule has 3 heteroatoms. The van der Waals surface area contributed by atoms with Gasteiger partial charge in [-0.05, 0) is 19.3 Å². The van der Waals surface area contributed by atoms with Crippen LogP contribution in [0.15, 0.2) is 12.2 Å². The summed E-state index contributed by atoms with van der Waals surface area (Å²) in [4.78, 5) is 22.2. The minimum atomic E-state index is -0.145. The van der Waals surface area contributed by atoms with Gasteiger partial charge in [0.25, 0.3) is 0 Å². The van der Waals surface area contributed by atoms with Crippen LogP contribution in [0.3, 0.4) is 0 Å². The van der Waals surface area contributed by atoms with E-state index in [9.17, 15) is 9.59 Å². The van der Waals surface area contributed by atoms with Crippen LogP contribution in [0.2, 0.25) is 0 Å². The summed E-state index contributed by atoms with van der Waals surface area (Å²) in [7, 11) is 0. The SMILES string of the molecule is C/C=C\C(CC)C1CC(=O)NC1=O. The molecule has 0 aromatic heterocycles. The lowest BCUT2D eigenvalue weighted by Gasteiger charge is -2.14. The predicted molar refractivity (Wildman–Crippen MR) is 49.9 cm³/mol. The summed E-state index contributed by atoms with van der Waals surface area (Å²) in [6.45, 7) is 3.96. The number of imide groups is 1. The molecular weight excluding hydrogens is 166 g/mol. The number of rotatable bonds is 3. The molecule has 0 radical (unpaired) electrons.